The second-order valence-electron chi connectivity index (χ2n) is 7.56. The van der Waals surface area contributed by atoms with Crippen LogP contribution in [0.1, 0.15) is 59.8 Å². The van der Waals surface area contributed by atoms with Crippen LogP contribution in [0.15, 0.2) is 11.5 Å². The van der Waals surface area contributed by atoms with E-state index < -0.39 is 0 Å². The fraction of sp³-hybridized carbons (Fsp3) is 0.875. The summed E-state index contributed by atoms with van der Waals surface area (Å²) < 4.78 is 17.8. The first kappa shape index (κ1) is 14.6. The molecule has 3 nitrogen and oxygen atoms in total. The number of rotatable bonds is 1. The fourth-order valence-electron chi connectivity index (χ4n) is 3.76. The van der Waals surface area contributed by atoms with Crippen LogP contribution in [0.3, 0.4) is 0 Å². The molecule has 2 aliphatic heterocycles. The number of hydrogen-bond donors (Lipinski definition) is 0. The third-order valence-electron chi connectivity index (χ3n) is 5.84. The third-order valence-corrected chi connectivity index (χ3v) is 5.84. The maximum Gasteiger partial charge on any atom is 0.487 e. The van der Waals surface area contributed by atoms with Crippen LogP contribution in [-0.4, -0.2) is 31.5 Å². The van der Waals surface area contributed by atoms with Gasteiger partial charge in [0, 0.05) is 13.2 Å². The fourth-order valence-corrected chi connectivity index (χ4v) is 3.76. The first-order valence-electron chi connectivity index (χ1n) is 7.99. The van der Waals surface area contributed by atoms with Crippen LogP contribution in [-0.2, 0) is 14.0 Å². The lowest BCUT2D eigenvalue weighted by molar-refractivity contribution is 0.00578. The van der Waals surface area contributed by atoms with Crippen LogP contribution in [0.4, 0.5) is 0 Å². The molecule has 0 atom stereocenters. The van der Waals surface area contributed by atoms with E-state index in [4.69, 9.17) is 14.0 Å². The van der Waals surface area contributed by atoms with E-state index in [9.17, 15) is 0 Å². The molecule has 1 aliphatic carbocycles. The van der Waals surface area contributed by atoms with Crippen molar-refractivity contribution in [3.05, 3.63) is 11.5 Å². The van der Waals surface area contributed by atoms with Gasteiger partial charge >= 0.3 is 7.12 Å². The van der Waals surface area contributed by atoms with E-state index in [0.29, 0.717) is 5.41 Å². The van der Waals surface area contributed by atoms with Crippen LogP contribution in [0.25, 0.3) is 0 Å². The van der Waals surface area contributed by atoms with Crippen molar-refractivity contribution in [3.8, 4) is 0 Å². The summed E-state index contributed by atoms with van der Waals surface area (Å²) in [6.45, 7) is 10.3. The van der Waals surface area contributed by atoms with Gasteiger partial charge in [0.15, 0.2) is 0 Å². The summed E-state index contributed by atoms with van der Waals surface area (Å²) >= 11 is 0. The van der Waals surface area contributed by atoms with Gasteiger partial charge in [-0.3, -0.25) is 0 Å². The van der Waals surface area contributed by atoms with Gasteiger partial charge in [-0.15, -0.1) is 0 Å². The van der Waals surface area contributed by atoms with Gasteiger partial charge in [0.05, 0.1) is 11.2 Å². The minimum Gasteiger partial charge on any atom is -0.400 e. The van der Waals surface area contributed by atoms with E-state index in [-0.39, 0.29) is 18.3 Å². The summed E-state index contributed by atoms with van der Waals surface area (Å²) in [6.07, 6.45) is 6.13. The zero-order chi connectivity index (χ0) is 14.4. The highest BCUT2D eigenvalue weighted by molar-refractivity contribution is 6.51. The molecule has 3 rings (SSSR count). The van der Waals surface area contributed by atoms with Crippen molar-refractivity contribution in [2.45, 2.75) is 71.0 Å². The third kappa shape index (κ3) is 2.36. The average Bonchev–Trinajstić information content (AvgIpc) is 2.80. The van der Waals surface area contributed by atoms with Gasteiger partial charge in [-0.25, -0.2) is 0 Å². The largest absolute Gasteiger partial charge is 0.487 e. The highest BCUT2D eigenvalue weighted by atomic mass is 16.7. The molecule has 3 fully saturated rings. The van der Waals surface area contributed by atoms with Crippen molar-refractivity contribution < 1.29 is 14.0 Å². The van der Waals surface area contributed by atoms with E-state index in [0.717, 1.165) is 13.2 Å². The van der Waals surface area contributed by atoms with Crippen molar-refractivity contribution in [2.75, 3.05) is 13.2 Å². The smallest absolute Gasteiger partial charge is 0.400 e. The van der Waals surface area contributed by atoms with E-state index in [1.54, 1.807) is 5.57 Å². The van der Waals surface area contributed by atoms with Gasteiger partial charge < -0.3 is 14.0 Å². The number of hydrogen-bond acceptors (Lipinski definition) is 3. The normalized spacial score (nSPS) is 33.2. The molecule has 1 saturated carbocycles. The standard InChI is InChI=1S/C16H27BO3/c1-14(2)15(3,4)20-17(19-14)12-13-6-5-7-16(13)8-10-18-11-9-16/h12H,5-11H2,1-4H3/b13-12-. The molecule has 0 aromatic heterocycles. The van der Waals surface area contributed by atoms with Gasteiger partial charge in [-0.2, -0.15) is 0 Å². The summed E-state index contributed by atoms with van der Waals surface area (Å²) in [4.78, 5) is 0. The zero-order valence-electron chi connectivity index (χ0n) is 13.3. The second kappa shape index (κ2) is 4.86. The highest BCUT2D eigenvalue weighted by Crippen LogP contribution is 2.50. The lowest BCUT2D eigenvalue weighted by Crippen LogP contribution is -2.41. The van der Waals surface area contributed by atoms with Crippen LogP contribution < -0.4 is 0 Å². The average molecular weight is 278 g/mol. The Morgan fingerprint density at radius 2 is 1.55 bits per heavy atom. The van der Waals surface area contributed by atoms with E-state index in [1.165, 1.54) is 32.1 Å². The predicted octanol–water partition coefficient (Wildman–Crippen LogP) is 3.52. The molecule has 0 amide bonds. The maximum absolute atomic E-state index is 6.13. The lowest BCUT2D eigenvalue weighted by atomic mass is 9.71. The Hall–Kier alpha value is -0.315. The monoisotopic (exact) mass is 278 g/mol. The lowest BCUT2D eigenvalue weighted by Gasteiger charge is -2.35. The SMILES string of the molecule is CC1(C)OB(/C=C2/CCCC23CCOCC3)OC1(C)C. The molecule has 112 valence electrons. The van der Waals surface area contributed by atoms with E-state index in [1.807, 2.05) is 0 Å². The molecule has 2 heterocycles. The Morgan fingerprint density at radius 3 is 2.15 bits per heavy atom. The van der Waals surface area contributed by atoms with Crippen LogP contribution in [0.5, 0.6) is 0 Å². The zero-order valence-corrected chi connectivity index (χ0v) is 13.3. The summed E-state index contributed by atoms with van der Waals surface area (Å²) in [5.74, 6) is 2.27. The molecule has 1 spiro atoms. The van der Waals surface area contributed by atoms with Crippen LogP contribution in [0.2, 0.25) is 0 Å². The topological polar surface area (TPSA) is 27.7 Å². The number of allylic oxidation sites excluding steroid dienone is 1. The molecule has 0 N–H and O–H groups in total. The predicted molar refractivity (Wildman–Crippen MR) is 80.5 cm³/mol. The highest BCUT2D eigenvalue weighted by Gasteiger charge is 2.51. The Kier molecular flexibility index (Phi) is 3.55. The van der Waals surface area contributed by atoms with Gasteiger partial charge in [0.1, 0.15) is 0 Å². The van der Waals surface area contributed by atoms with E-state index >= 15 is 0 Å². The Labute approximate surface area is 123 Å². The maximum atomic E-state index is 6.13. The molecule has 0 unspecified atom stereocenters. The summed E-state index contributed by atoms with van der Waals surface area (Å²) in [7, 11) is -0.187. The summed E-state index contributed by atoms with van der Waals surface area (Å²) in [6, 6.07) is 0. The van der Waals surface area contributed by atoms with Crippen molar-refractivity contribution >= 4 is 7.12 Å². The first-order valence-corrected chi connectivity index (χ1v) is 7.99. The molecule has 2 saturated heterocycles. The van der Waals surface area contributed by atoms with Gasteiger partial charge in [-0.1, -0.05) is 11.5 Å². The summed E-state index contributed by atoms with van der Waals surface area (Å²) in [5, 5.41) is 0. The van der Waals surface area contributed by atoms with Gasteiger partial charge in [0.2, 0.25) is 0 Å². The van der Waals surface area contributed by atoms with Crippen molar-refractivity contribution in [1.29, 1.82) is 0 Å². The molecule has 0 aromatic rings. The first-order chi connectivity index (χ1) is 9.35. The molecular formula is C16H27BO3. The Morgan fingerprint density at radius 1 is 0.950 bits per heavy atom. The van der Waals surface area contributed by atoms with Crippen molar-refractivity contribution in [1.82, 2.24) is 0 Å². The number of ether oxygens (including phenoxy) is 1. The van der Waals surface area contributed by atoms with Crippen molar-refractivity contribution in [2.24, 2.45) is 5.41 Å². The van der Waals surface area contributed by atoms with Crippen LogP contribution in [0, 0.1) is 5.41 Å². The molecule has 0 radical (unpaired) electrons. The second-order valence-corrected chi connectivity index (χ2v) is 7.56. The molecule has 0 aromatic carbocycles. The molecule has 3 aliphatic rings. The molecule has 4 heteroatoms. The molecule has 0 bridgehead atoms. The minimum absolute atomic E-state index is 0.187. The van der Waals surface area contributed by atoms with E-state index in [2.05, 4.69) is 33.7 Å². The Bertz CT molecular complexity index is 392. The van der Waals surface area contributed by atoms with Crippen LogP contribution >= 0.6 is 0 Å². The quantitative estimate of drug-likeness (QED) is 0.687. The summed E-state index contributed by atoms with van der Waals surface area (Å²) in [5.41, 5.74) is 1.45. The molecular weight excluding hydrogens is 251 g/mol. The Balaban J connectivity index is 1.79. The molecule has 20 heavy (non-hydrogen) atoms. The van der Waals surface area contributed by atoms with Gasteiger partial charge in [-0.05, 0) is 65.2 Å². The van der Waals surface area contributed by atoms with Gasteiger partial charge in [0.25, 0.3) is 0 Å². The van der Waals surface area contributed by atoms with Crippen molar-refractivity contribution in [3.63, 3.8) is 0 Å². The minimum atomic E-state index is -0.240.